The summed E-state index contributed by atoms with van der Waals surface area (Å²) in [7, 11) is 0. The minimum Gasteiger partial charge on any atom is -0.508 e. The molecule has 7 heteroatoms. The smallest absolute Gasteiger partial charge is 0.243 e. The molecule has 0 spiro atoms. The van der Waals surface area contributed by atoms with Crippen LogP contribution >= 0.6 is 0 Å². The first-order valence-corrected chi connectivity index (χ1v) is 11.6. The lowest BCUT2D eigenvalue weighted by atomic mass is 10.1. The van der Waals surface area contributed by atoms with Gasteiger partial charge in [0, 0.05) is 13.0 Å². The summed E-state index contributed by atoms with van der Waals surface area (Å²) < 4.78 is 0. The van der Waals surface area contributed by atoms with E-state index in [4.69, 9.17) is 5.73 Å². The quantitative estimate of drug-likeness (QED) is 0.282. The molecular weight excluding hydrogens is 394 g/mol. The van der Waals surface area contributed by atoms with E-state index in [0.717, 1.165) is 24.8 Å². The van der Waals surface area contributed by atoms with Crippen molar-refractivity contribution in [2.24, 2.45) is 5.73 Å². The van der Waals surface area contributed by atoms with Crippen LogP contribution in [0.5, 0.6) is 5.75 Å². The summed E-state index contributed by atoms with van der Waals surface area (Å²) in [4.78, 5) is 35.9. The molecule has 0 fully saturated rings. The molecule has 1 aromatic carbocycles. The lowest BCUT2D eigenvalue weighted by molar-refractivity contribution is -0.131. The summed E-state index contributed by atoms with van der Waals surface area (Å²) in [6, 6.07) is 5.76. The molecule has 0 aromatic heterocycles. The van der Waals surface area contributed by atoms with Crippen molar-refractivity contribution in [1.82, 2.24) is 10.6 Å². The molecule has 31 heavy (non-hydrogen) atoms. The third-order valence-electron chi connectivity index (χ3n) is 5.21. The van der Waals surface area contributed by atoms with E-state index in [-0.39, 0.29) is 18.1 Å². The van der Waals surface area contributed by atoms with Gasteiger partial charge in [-0.15, -0.1) is 0 Å². The average Bonchev–Trinajstić information content (AvgIpc) is 2.73. The lowest BCUT2D eigenvalue weighted by Crippen LogP contribution is -2.48. The van der Waals surface area contributed by atoms with E-state index in [0.29, 0.717) is 19.4 Å². The molecule has 0 unspecified atom stereocenters. The van der Waals surface area contributed by atoms with Crippen molar-refractivity contribution in [3.05, 3.63) is 29.8 Å². The monoisotopic (exact) mass is 433 g/mol. The summed E-state index contributed by atoms with van der Waals surface area (Å²) >= 11 is 0. The van der Waals surface area contributed by atoms with Crippen LogP contribution < -0.4 is 16.4 Å². The highest BCUT2D eigenvalue weighted by atomic mass is 16.3. The van der Waals surface area contributed by atoms with E-state index in [2.05, 4.69) is 17.6 Å². The summed E-state index contributed by atoms with van der Waals surface area (Å²) in [6.07, 6.45) is 11.1. The van der Waals surface area contributed by atoms with Crippen LogP contribution in [0.25, 0.3) is 0 Å². The van der Waals surface area contributed by atoms with Crippen LogP contribution in [-0.4, -0.2) is 35.4 Å². The standard InChI is InChI=1S/C24H39N3O4/c1-2-3-4-5-6-7-8-9-10-11-23(30)27-21(18-22(25)29)24(31)26-17-16-19-12-14-20(28)15-13-19/h12-15,21,28H,2-11,16-18H2,1H3,(H2,25,29)(H,26,31)(H,27,30)/t21-/m1/s1. The predicted molar refractivity (Wildman–Crippen MR) is 122 cm³/mol. The number of hydrogen-bond acceptors (Lipinski definition) is 4. The topological polar surface area (TPSA) is 122 Å². The highest BCUT2D eigenvalue weighted by Gasteiger charge is 2.22. The second kappa shape index (κ2) is 16.2. The number of benzene rings is 1. The second-order valence-corrected chi connectivity index (χ2v) is 8.08. The Morgan fingerprint density at radius 2 is 1.52 bits per heavy atom. The number of nitrogens with two attached hydrogens (primary N) is 1. The number of hydrogen-bond donors (Lipinski definition) is 4. The van der Waals surface area contributed by atoms with E-state index in [1.807, 2.05) is 0 Å². The molecule has 0 aliphatic rings. The maximum absolute atomic E-state index is 12.4. The number of phenolic OH excluding ortho intramolecular Hbond substituents is 1. The second-order valence-electron chi connectivity index (χ2n) is 8.08. The lowest BCUT2D eigenvalue weighted by Gasteiger charge is -2.17. The Morgan fingerprint density at radius 1 is 0.935 bits per heavy atom. The van der Waals surface area contributed by atoms with Gasteiger partial charge in [0.15, 0.2) is 0 Å². The number of unbranched alkanes of at least 4 members (excludes halogenated alkanes) is 8. The molecule has 7 nitrogen and oxygen atoms in total. The van der Waals surface area contributed by atoms with Crippen molar-refractivity contribution < 1.29 is 19.5 Å². The fourth-order valence-electron chi connectivity index (χ4n) is 3.39. The maximum atomic E-state index is 12.4. The number of nitrogens with one attached hydrogen (secondary N) is 2. The normalized spacial score (nSPS) is 11.6. The number of phenols is 1. The number of carbonyl (C=O) groups is 3. The molecule has 0 saturated heterocycles. The molecular formula is C24H39N3O4. The van der Waals surface area contributed by atoms with Crippen molar-refractivity contribution >= 4 is 17.7 Å². The summed E-state index contributed by atoms with van der Waals surface area (Å²) in [5.41, 5.74) is 6.20. The zero-order valence-electron chi connectivity index (χ0n) is 18.8. The van der Waals surface area contributed by atoms with Crippen molar-refractivity contribution in [1.29, 1.82) is 0 Å². The Bertz CT molecular complexity index is 661. The molecule has 0 heterocycles. The van der Waals surface area contributed by atoms with Crippen LogP contribution in [0.4, 0.5) is 0 Å². The van der Waals surface area contributed by atoms with Crippen molar-refractivity contribution in [2.45, 2.75) is 90.0 Å². The Balaban J connectivity index is 2.28. The number of amides is 3. The van der Waals surface area contributed by atoms with Gasteiger partial charge in [0.2, 0.25) is 17.7 Å². The first-order valence-electron chi connectivity index (χ1n) is 11.6. The molecule has 0 bridgehead atoms. The molecule has 1 aromatic rings. The average molecular weight is 434 g/mol. The van der Waals surface area contributed by atoms with Gasteiger partial charge in [0.05, 0.1) is 6.42 Å². The molecule has 0 saturated carbocycles. The molecule has 5 N–H and O–H groups in total. The van der Waals surface area contributed by atoms with Crippen LogP contribution in [-0.2, 0) is 20.8 Å². The molecule has 1 rings (SSSR count). The maximum Gasteiger partial charge on any atom is 0.243 e. The molecule has 3 amide bonds. The van der Waals surface area contributed by atoms with Crippen LogP contribution in [0, 0.1) is 0 Å². The molecule has 174 valence electrons. The van der Waals surface area contributed by atoms with Gasteiger partial charge in [-0.2, -0.15) is 0 Å². The van der Waals surface area contributed by atoms with Crippen LogP contribution in [0.2, 0.25) is 0 Å². The SMILES string of the molecule is CCCCCCCCCCCC(=O)N[C@H](CC(N)=O)C(=O)NCCc1ccc(O)cc1. The Labute approximate surface area is 186 Å². The molecule has 0 aliphatic carbocycles. The highest BCUT2D eigenvalue weighted by molar-refractivity contribution is 5.91. The van der Waals surface area contributed by atoms with E-state index >= 15 is 0 Å². The van der Waals surface area contributed by atoms with Gasteiger partial charge in [-0.1, -0.05) is 70.4 Å². The summed E-state index contributed by atoms with van der Waals surface area (Å²) in [5.74, 6) is -1.10. The van der Waals surface area contributed by atoms with Gasteiger partial charge in [0.25, 0.3) is 0 Å². The fraction of sp³-hybridized carbons (Fsp3) is 0.625. The zero-order chi connectivity index (χ0) is 22.9. The molecule has 1 atom stereocenters. The fourth-order valence-corrected chi connectivity index (χ4v) is 3.39. The zero-order valence-corrected chi connectivity index (χ0v) is 18.8. The Kier molecular flexibility index (Phi) is 13.8. The van der Waals surface area contributed by atoms with Gasteiger partial charge in [-0.3, -0.25) is 14.4 Å². The van der Waals surface area contributed by atoms with E-state index < -0.39 is 17.9 Å². The summed E-state index contributed by atoms with van der Waals surface area (Å²) in [5, 5.41) is 14.7. The third kappa shape index (κ3) is 13.4. The van der Waals surface area contributed by atoms with E-state index in [1.54, 1.807) is 24.3 Å². The first kappa shape index (κ1) is 26.5. The predicted octanol–water partition coefficient (Wildman–Crippen LogP) is 3.33. The Morgan fingerprint density at radius 3 is 2.10 bits per heavy atom. The minimum absolute atomic E-state index is 0.184. The van der Waals surface area contributed by atoms with Crippen molar-refractivity contribution in [3.8, 4) is 5.75 Å². The van der Waals surface area contributed by atoms with Crippen LogP contribution in [0.15, 0.2) is 24.3 Å². The third-order valence-corrected chi connectivity index (χ3v) is 5.21. The van der Waals surface area contributed by atoms with Crippen LogP contribution in [0.1, 0.15) is 83.1 Å². The molecule has 0 radical (unpaired) electrons. The van der Waals surface area contributed by atoms with Gasteiger partial charge >= 0.3 is 0 Å². The van der Waals surface area contributed by atoms with Crippen LogP contribution in [0.3, 0.4) is 0 Å². The van der Waals surface area contributed by atoms with Crippen molar-refractivity contribution in [2.75, 3.05) is 6.54 Å². The van der Waals surface area contributed by atoms with Gasteiger partial charge in [-0.25, -0.2) is 0 Å². The Hall–Kier alpha value is -2.57. The number of primary amides is 1. The highest BCUT2D eigenvalue weighted by Crippen LogP contribution is 2.11. The largest absolute Gasteiger partial charge is 0.508 e. The first-order chi connectivity index (χ1) is 14.9. The van der Waals surface area contributed by atoms with Crippen molar-refractivity contribution in [3.63, 3.8) is 0 Å². The van der Waals surface area contributed by atoms with Gasteiger partial charge in [0.1, 0.15) is 11.8 Å². The number of carbonyl (C=O) groups excluding carboxylic acids is 3. The van der Waals surface area contributed by atoms with Gasteiger partial charge in [-0.05, 0) is 30.5 Å². The summed E-state index contributed by atoms with van der Waals surface area (Å²) in [6.45, 7) is 2.56. The minimum atomic E-state index is -0.955. The van der Waals surface area contributed by atoms with Gasteiger partial charge < -0.3 is 21.5 Å². The molecule has 0 aliphatic heterocycles. The number of rotatable bonds is 17. The van der Waals surface area contributed by atoms with E-state index in [1.165, 1.54) is 38.5 Å². The van der Waals surface area contributed by atoms with E-state index in [9.17, 15) is 19.5 Å². The number of aromatic hydroxyl groups is 1.